The van der Waals surface area contributed by atoms with Crippen LogP contribution in [0.3, 0.4) is 0 Å². The van der Waals surface area contributed by atoms with Gasteiger partial charge in [-0.15, -0.1) is 0 Å². The molecule has 3 aromatic carbocycles. The largest absolute Gasteiger partial charge is 0.354 e. The highest BCUT2D eigenvalue weighted by Gasteiger charge is 2.29. The van der Waals surface area contributed by atoms with E-state index in [1.807, 2.05) is 73.6 Å². The van der Waals surface area contributed by atoms with Crippen molar-refractivity contribution >= 4 is 46.1 Å². The third-order valence-corrected chi connectivity index (χ3v) is 6.95. The van der Waals surface area contributed by atoms with E-state index in [2.05, 4.69) is 29.8 Å². The van der Waals surface area contributed by atoms with Crippen LogP contribution in [0.2, 0.25) is 0 Å². The van der Waals surface area contributed by atoms with Crippen molar-refractivity contribution in [1.29, 1.82) is 0 Å². The molecule has 1 aliphatic rings. The fourth-order valence-corrected chi connectivity index (χ4v) is 4.65. The molecule has 0 radical (unpaired) electrons. The molecular formula is C33H39N5O3. The molecule has 1 aliphatic heterocycles. The van der Waals surface area contributed by atoms with E-state index in [0.717, 1.165) is 29.9 Å². The summed E-state index contributed by atoms with van der Waals surface area (Å²) in [6.45, 7) is 7.72. The van der Waals surface area contributed by atoms with Crippen LogP contribution in [0.25, 0.3) is 11.3 Å². The molecule has 0 fully saturated rings. The van der Waals surface area contributed by atoms with E-state index in [9.17, 15) is 14.4 Å². The SMILES string of the molecule is CC(=O)N(CCN(C)C)c1ccc(NC(=C2C(=O)Nc3ccc(C(=O)NCCC(C)C)cc32)c2ccccc2)cc1. The smallest absolute Gasteiger partial charge is 0.258 e. The summed E-state index contributed by atoms with van der Waals surface area (Å²) in [7, 11) is 3.95. The summed E-state index contributed by atoms with van der Waals surface area (Å²) < 4.78 is 0. The van der Waals surface area contributed by atoms with Crippen molar-refractivity contribution in [3.8, 4) is 0 Å². The second kappa shape index (κ2) is 13.3. The molecule has 0 saturated heterocycles. The first-order valence-corrected chi connectivity index (χ1v) is 14.0. The molecule has 0 atom stereocenters. The number of rotatable bonds is 11. The molecule has 0 saturated carbocycles. The van der Waals surface area contributed by atoms with E-state index in [0.29, 0.717) is 47.1 Å². The molecule has 3 amide bonds. The van der Waals surface area contributed by atoms with Crippen molar-refractivity contribution in [2.24, 2.45) is 5.92 Å². The lowest BCUT2D eigenvalue weighted by atomic mass is 9.98. The predicted octanol–water partition coefficient (Wildman–Crippen LogP) is 5.31. The zero-order valence-electron chi connectivity index (χ0n) is 24.5. The molecule has 8 nitrogen and oxygen atoms in total. The lowest BCUT2D eigenvalue weighted by Gasteiger charge is -2.23. The molecule has 214 valence electrons. The van der Waals surface area contributed by atoms with Crippen molar-refractivity contribution in [1.82, 2.24) is 10.2 Å². The Morgan fingerprint density at radius 1 is 0.902 bits per heavy atom. The molecule has 0 aliphatic carbocycles. The number of hydrogen-bond donors (Lipinski definition) is 3. The molecule has 3 N–H and O–H groups in total. The first-order valence-electron chi connectivity index (χ1n) is 14.0. The van der Waals surface area contributed by atoms with Crippen LogP contribution in [-0.2, 0) is 9.59 Å². The Morgan fingerprint density at radius 3 is 2.24 bits per heavy atom. The van der Waals surface area contributed by atoms with Gasteiger partial charge in [0.1, 0.15) is 0 Å². The summed E-state index contributed by atoms with van der Waals surface area (Å²) in [6.07, 6.45) is 0.891. The Bertz CT molecular complexity index is 1430. The van der Waals surface area contributed by atoms with Gasteiger partial charge in [-0.3, -0.25) is 14.4 Å². The third kappa shape index (κ3) is 7.41. The minimum absolute atomic E-state index is 0.0251. The fraction of sp³-hybridized carbons (Fsp3) is 0.303. The molecule has 41 heavy (non-hydrogen) atoms. The maximum Gasteiger partial charge on any atom is 0.258 e. The Labute approximate surface area is 242 Å². The van der Waals surface area contributed by atoms with E-state index < -0.39 is 0 Å². The third-order valence-electron chi connectivity index (χ3n) is 6.95. The summed E-state index contributed by atoms with van der Waals surface area (Å²) in [5.41, 5.74) is 5.31. The van der Waals surface area contributed by atoms with Crippen LogP contribution in [0.1, 0.15) is 48.7 Å². The van der Waals surface area contributed by atoms with Gasteiger partial charge in [0.25, 0.3) is 11.8 Å². The van der Waals surface area contributed by atoms with Crippen molar-refractivity contribution in [2.45, 2.75) is 27.2 Å². The number of nitrogens with zero attached hydrogens (tertiary/aromatic N) is 2. The van der Waals surface area contributed by atoms with Crippen molar-refractivity contribution < 1.29 is 14.4 Å². The highest BCUT2D eigenvalue weighted by molar-refractivity contribution is 6.37. The Kier molecular flexibility index (Phi) is 9.57. The van der Waals surface area contributed by atoms with Gasteiger partial charge in [-0.2, -0.15) is 0 Å². The number of amides is 3. The van der Waals surface area contributed by atoms with Crippen molar-refractivity contribution in [2.75, 3.05) is 49.3 Å². The molecule has 0 aromatic heterocycles. The minimum atomic E-state index is -0.244. The number of benzene rings is 3. The van der Waals surface area contributed by atoms with Crippen LogP contribution in [-0.4, -0.2) is 56.4 Å². The fourth-order valence-electron chi connectivity index (χ4n) is 4.65. The van der Waals surface area contributed by atoms with Gasteiger partial charge in [0.15, 0.2) is 0 Å². The van der Waals surface area contributed by atoms with Crippen LogP contribution in [0.15, 0.2) is 72.8 Å². The minimum Gasteiger partial charge on any atom is -0.354 e. The summed E-state index contributed by atoms with van der Waals surface area (Å²) in [4.78, 5) is 42.3. The van der Waals surface area contributed by atoms with Gasteiger partial charge < -0.3 is 25.8 Å². The second-order valence-electron chi connectivity index (χ2n) is 10.9. The van der Waals surface area contributed by atoms with Gasteiger partial charge in [0.05, 0.1) is 11.3 Å². The Hall–Kier alpha value is -4.43. The van der Waals surface area contributed by atoms with Gasteiger partial charge in [-0.1, -0.05) is 44.2 Å². The molecular weight excluding hydrogens is 514 g/mol. The zero-order valence-corrected chi connectivity index (χ0v) is 24.5. The average Bonchev–Trinajstić information content (AvgIpc) is 3.27. The average molecular weight is 554 g/mol. The second-order valence-corrected chi connectivity index (χ2v) is 10.9. The number of carbonyl (C=O) groups excluding carboxylic acids is 3. The molecule has 1 heterocycles. The van der Waals surface area contributed by atoms with E-state index >= 15 is 0 Å². The quantitative estimate of drug-likeness (QED) is 0.280. The van der Waals surface area contributed by atoms with Crippen LogP contribution in [0.4, 0.5) is 17.1 Å². The van der Waals surface area contributed by atoms with E-state index in [1.54, 1.807) is 30.0 Å². The summed E-state index contributed by atoms with van der Waals surface area (Å²) in [5, 5.41) is 9.39. The molecule has 4 rings (SSSR count). The maximum absolute atomic E-state index is 13.4. The number of carbonyl (C=O) groups is 3. The standard InChI is InChI=1S/C33H39N5O3/c1-22(2)17-18-34-32(40)25-11-16-29-28(21-25)30(33(41)36-29)31(24-9-7-6-8-10-24)35-26-12-14-27(15-13-26)38(23(3)39)20-19-37(4)5/h6-16,21-22,35H,17-20H2,1-5H3,(H,34,40)(H,36,41). The number of nitrogens with one attached hydrogen (secondary N) is 3. The van der Waals surface area contributed by atoms with Crippen LogP contribution < -0.4 is 20.9 Å². The van der Waals surface area contributed by atoms with Crippen LogP contribution in [0, 0.1) is 5.92 Å². The Morgan fingerprint density at radius 2 is 1.61 bits per heavy atom. The van der Waals surface area contributed by atoms with Crippen LogP contribution in [0.5, 0.6) is 0 Å². The molecule has 0 unspecified atom stereocenters. The van der Waals surface area contributed by atoms with Crippen molar-refractivity contribution in [3.63, 3.8) is 0 Å². The molecule has 0 spiro atoms. The monoisotopic (exact) mass is 553 g/mol. The van der Waals surface area contributed by atoms with E-state index in [1.165, 1.54) is 0 Å². The normalized spacial score (nSPS) is 13.6. The highest BCUT2D eigenvalue weighted by Crippen LogP contribution is 2.38. The summed E-state index contributed by atoms with van der Waals surface area (Å²) in [5.74, 6) is 0.0554. The van der Waals surface area contributed by atoms with Gasteiger partial charge in [-0.05, 0) is 74.5 Å². The first-order chi connectivity index (χ1) is 19.6. The van der Waals surface area contributed by atoms with E-state index in [4.69, 9.17) is 0 Å². The molecule has 0 bridgehead atoms. The number of hydrogen-bond acceptors (Lipinski definition) is 5. The van der Waals surface area contributed by atoms with Crippen molar-refractivity contribution in [3.05, 3.63) is 89.5 Å². The van der Waals surface area contributed by atoms with Gasteiger partial charge in [-0.25, -0.2) is 0 Å². The van der Waals surface area contributed by atoms with Gasteiger partial charge >= 0.3 is 0 Å². The summed E-state index contributed by atoms with van der Waals surface area (Å²) >= 11 is 0. The Balaban J connectivity index is 1.69. The lowest BCUT2D eigenvalue weighted by Crippen LogP contribution is -2.35. The zero-order chi connectivity index (χ0) is 29.5. The van der Waals surface area contributed by atoms with Gasteiger partial charge in [0, 0.05) is 54.7 Å². The number of likely N-dealkylation sites (N-methyl/N-ethyl adjacent to an activating group) is 1. The maximum atomic E-state index is 13.4. The predicted molar refractivity (Wildman–Crippen MR) is 167 cm³/mol. The molecule has 8 heteroatoms. The lowest BCUT2D eigenvalue weighted by molar-refractivity contribution is -0.116. The molecule has 3 aromatic rings. The van der Waals surface area contributed by atoms with E-state index in [-0.39, 0.29) is 17.7 Å². The number of fused-ring (bicyclic) bond motifs is 1. The van der Waals surface area contributed by atoms with Gasteiger partial charge in [0.2, 0.25) is 5.91 Å². The topological polar surface area (TPSA) is 93.8 Å². The number of anilines is 3. The highest BCUT2D eigenvalue weighted by atomic mass is 16.2. The van der Waals surface area contributed by atoms with Crippen LogP contribution >= 0.6 is 0 Å². The summed E-state index contributed by atoms with van der Waals surface area (Å²) in [6, 6.07) is 22.5. The first kappa shape index (κ1) is 29.6.